The van der Waals surface area contributed by atoms with Crippen molar-refractivity contribution in [3.8, 4) is 0 Å². The number of hydrogen-bond acceptors (Lipinski definition) is 6. The van der Waals surface area contributed by atoms with Crippen LogP contribution in [0.2, 0.25) is 10.0 Å². The highest BCUT2D eigenvalue weighted by molar-refractivity contribution is 6.39. The fraction of sp³-hybridized carbons (Fsp3) is 0.238. The summed E-state index contributed by atoms with van der Waals surface area (Å²) in [4.78, 5) is 41.3. The molecule has 2 amide bonds. The van der Waals surface area contributed by atoms with Crippen LogP contribution in [0.1, 0.15) is 16.8 Å². The molecule has 0 saturated carbocycles. The van der Waals surface area contributed by atoms with E-state index in [-0.39, 0.29) is 34.5 Å². The zero-order valence-electron chi connectivity index (χ0n) is 17.1. The molecule has 11 heteroatoms. The summed E-state index contributed by atoms with van der Waals surface area (Å²) in [6, 6.07) is 8.81. The topological polar surface area (TPSA) is 128 Å². The van der Waals surface area contributed by atoms with Crippen molar-refractivity contribution in [1.82, 2.24) is 20.2 Å². The van der Waals surface area contributed by atoms with Crippen LogP contribution in [-0.4, -0.2) is 47.0 Å². The number of carbonyl (C=O) groups is 3. The summed E-state index contributed by atoms with van der Waals surface area (Å²) in [6.45, 7) is 0.188. The molecule has 0 aliphatic heterocycles. The molecule has 9 nitrogen and oxygen atoms in total. The average molecular weight is 478 g/mol. The maximum atomic E-state index is 12.6. The normalized spacial score (nSPS) is 11.7. The zero-order chi connectivity index (χ0) is 23.3. The molecular formula is C21H21Cl2N5O4. The first-order valence-corrected chi connectivity index (χ1v) is 10.4. The minimum Gasteiger partial charge on any atom is -0.467 e. The molecule has 1 heterocycles. The number of aryl methyl sites for hydroxylation is 1. The molecular weight excluding hydrogens is 457 g/mol. The van der Waals surface area contributed by atoms with Crippen molar-refractivity contribution in [2.24, 2.45) is 0 Å². The van der Waals surface area contributed by atoms with E-state index in [1.54, 1.807) is 30.6 Å². The lowest BCUT2D eigenvalue weighted by Crippen LogP contribution is -2.49. The number of rotatable bonds is 8. The van der Waals surface area contributed by atoms with Crippen LogP contribution in [0.5, 0.6) is 0 Å². The number of halogens is 2. The Balaban J connectivity index is 1.60. The molecule has 32 heavy (non-hydrogen) atoms. The Morgan fingerprint density at radius 2 is 1.91 bits per heavy atom. The number of anilines is 1. The zero-order valence-corrected chi connectivity index (χ0v) is 18.6. The van der Waals surface area contributed by atoms with Crippen LogP contribution in [0.3, 0.4) is 0 Å². The second kappa shape index (κ2) is 10.3. The molecule has 4 N–H and O–H groups in total. The number of nitrogens with zero attached hydrogens (tertiary/aromatic N) is 2. The quantitative estimate of drug-likeness (QED) is 0.337. The smallest absolute Gasteiger partial charge is 0.330 e. The van der Waals surface area contributed by atoms with Gasteiger partial charge in [-0.05, 0) is 30.3 Å². The Kier molecular flexibility index (Phi) is 7.55. The monoisotopic (exact) mass is 477 g/mol. The van der Waals surface area contributed by atoms with Crippen molar-refractivity contribution in [1.29, 1.82) is 0 Å². The summed E-state index contributed by atoms with van der Waals surface area (Å²) in [5.41, 5.74) is 8.03. The Bertz CT molecular complexity index is 1140. The molecule has 0 spiro atoms. The molecule has 0 saturated heterocycles. The standard InChI is InChI=1S/C21H21Cl2N5O4/c1-32-21(31)16(27-20(30)19-13(22)3-2-4-14(19)23)10-25-18(29)7-8-28-11-26-15-6-5-12(24)9-17(15)28/h2-6,9,11,16H,7-8,10,24H2,1H3,(H,25,29)(H,27,30)/t16-/m0/s1. The van der Waals surface area contributed by atoms with E-state index in [1.165, 1.54) is 19.2 Å². The van der Waals surface area contributed by atoms with Crippen molar-refractivity contribution in [2.75, 3.05) is 19.4 Å². The van der Waals surface area contributed by atoms with Crippen LogP contribution in [0.25, 0.3) is 11.0 Å². The average Bonchev–Trinajstić information content (AvgIpc) is 3.16. The summed E-state index contributed by atoms with van der Waals surface area (Å²) in [6.07, 6.45) is 1.75. The summed E-state index contributed by atoms with van der Waals surface area (Å²) < 4.78 is 6.53. The van der Waals surface area contributed by atoms with E-state index < -0.39 is 17.9 Å². The minimum atomic E-state index is -1.13. The van der Waals surface area contributed by atoms with Gasteiger partial charge in [0.1, 0.15) is 6.04 Å². The number of benzene rings is 2. The molecule has 168 valence electrons. The van der Waals surface area contributed by atoms with Gasteiger partial charge in [0.25, 0.3) is 5.91 Å². The van der Waals surface area contributed by atoms with E-state index in [9.17, 15) is 14.4 Å². The van der Waals surface area contributed by atoms with Crippen molar-refractivity contribution >= 4 is 57.7 Å². The van der Waals surface area contributed by atoms with Crippen molar-refractivity contribution in [2.45, 2.75) is 19.0 Å². The first-order valence-electron chi connectivity index (χ1n) is 9.60. The maximum absolute atomic E-state index is 12.6. The Morgan fingerprint density at radius 3 is 2.59 bits per heavy atom. The van der Waals surface area contributed by atoms with E-state index in [0.29, 0.717) is 12.2 Å². The fourth-order valence-electron chi connectivity index (χ4n) is 3.06. The number of nitrogens with one attached hydrogen (secondary N) is 2. The van der Waals surface area contributed by atoms with Gasteiger partial charge >= 0.3 is 5.97 Å². The van der Waals surface area contributed by atoms with Gasteiger partial charge in [-0.25, -0.2) is 9.78 Å². The molecule has 0 radical (unpaired) electrons. The number of hydrogen-bond donors (Lipinski definition) is 3. The lowest BCUT2D eigenvalue weighted by atomic mass is 10.2. The van der Waals surface area contributed by atoms with Crippen LogP contribution in [0, 0.1) is 0 Å². The van der Waals surface area contributed by atoms with Crippen molar-refractivity contribution in [3.05, 3.63) is 58.3 Å². The number of amides is 2. The van der Waals surface area contributed by atoms with Gasteiger partial charge in [0.2, 0.25) is 5.91 Å². The third-order valence-corrected chi connectivity index (χ3v) is 5.34. The first kappa shape index (κ1) is 23.4. The molecule has 2 aromatic carbocycles. The van der Waals surface area contributed by atoms with Crippen LogP contribution >= 0.6 is 23.2 Å². The van der Waals surface area contributed by atoms with E-state index in [2.05, 4.69) is 15.6 Å². The number of esters is 1. The Morgan fingerprint density at radius 1 is 1.19 bits per heavy atom. The molecule has 0 aliphatic carbocycles. The van der Waals surface area contributed by atoms with Gasteiger partial charge in [-0.3, -0.25) is 9.59 Å². The van der Waals surface area contributed by atoms with Crippen LogP contribution in [0.15, 0.2) is 42.7 Å². The van der Waals surface area contributed by atoms with Gasteiger partial charge < -0.3 is 25.7 Å². The number of carbonyl (C=O) groups excluding carboxylic acids is 3. The highest BCUT2D eigenvalue weighted by Crippen LogP contribution is 2.24. The van der Waals surface area contributed by atoms with Crippen molar-refractivity contribution in [3.63, 3.8) is 0 Å². The number of fused-ring (bicyclic) bond motifs is 1. The van der Waals surface area contributed by atoms with Crippen LogP contribution in [0.4, 0.5) is 5.69 Å². The summed E-state index contributed by atoms with van der Waals surface area (Å²) in [7, 11) is 1.18. The van der Waals surface area contributed by atoms with E-state index >= 15 is 0 Å². The van der Waals surface area contributed by atoms with E-state index in [4.69, 9.17) is 33.7 Å². The van der Waals surface area contributed by atoms with Gasteiger partial charge in [-0.15, -0.1) is 0 Å². The predicted octanol–water partition coefficient (Wildman–Crippen LogP) is 2.40. The summed E-state index contributed by atoms with van der Waals surface area (Å²) in [5.74, 6) is -1.71. The molecule has 3 rings (SSSR count). The molecule has 0 aliphatic rings. The SMILES string of the molecule is COC(=O)[C@H](CNC(=O)CCn1cnc2ccc(N)cc21)NC(=O)c1c(Cl)cccc1Cl. The number of methoxy groups -OCH3 is 1. The lowest BCUT2D eigenvalue weighted by Gasteiger charge is -2.18. The van der Waals surface area contributed by atoms with Gasteiger partial charge in [0, 0.05) is 25.2 Å². The van der Waals surface area contributed by atoms with E-state index in [0.717, 1.165) is 11.0 Å². The summed E-state index contributed by atoms with van der Waals surface area (Å²) in [5, 5.41) is 5.39. The molecule has 0 fully saturated rings. The van der Waals surface area contributed by atoms with Gasteiger partial charge in [-0.2, -0.15) is 0 Å². The molecule has 3 aromatic rings. The molecule has 0 unspecified atom stereocenters. The Labute approximate surface area is 193 Å². The fourth-order valence-corrected chi connectivity index (χ4v) is 3.63. The third-order valence-electron chi connectivity index (χ3n) is 4.71. The number of nitrogen functional groups attached to an aromatic ring is 1. The number of nitrogens with two attached hydrogens (primary N) is 1. The van der Waals surface area contributed by atoms with Gasteiger partial charge in [0.15, 0.2) is 0 Å². The van der Waals surface area contributed by atoms with Gasteiger partial charge in [-0.1, -0.05) is 29.3 Å². The van der Waals surface area contributed by atoms with Crippen molar-refractivity contribution < 1.29 is 19.1 Å². The largest absolute Gasteiger partial charge is 0.467 e. The molecule has 1 aromatic heterocycles. The predicted molar refractivity (Wildman–Crippen MR) is 122 cm³/mol. The summed E-state index contributed by atoms with van der Waals surface area (Å²) >= 11 is 12.1. The number of aromatic nitrogens is 2. The molecule has 0 bridgehead atoms. The highest BCUT2D eigenvalue weighted by atomic mass is 35.5. The maximum Gasteiger partial charge on any atom is 0.330 e. The number of ether oxygens (including phenoxy) is 1. The van der Waals surface area contributed by atoms with Crippen LogP contribution < -0.4 is 16.4 Å². The Hall–Kier alpha value is -3.30. The highest BCUT2D eigenvalue weighted by Gasteiger charge is 2.25. The lowest BCUT2D eigenvalue weighted by molar-refractivity contribution is -0.142. The van der Waals surface area contributed by atoms with Crippen LogP contribution in [-0.2, 0) is 20.9 Å². The third kappa shape index (κ3) is 5.49. The second-order valence-corrected chi connectivity index (χ2v) is 7.70. The van der Waals surface area contributed by atoms with E-state index in [1.807, 2.05) is 4.57 Å². The second-order valence-electron chi connectivity index (χ2n) is 6.89. The number of imidazole rings is 1. The van der Waals surface area contributed by atoms with Gasteiger partial charge in [0.05, 0.1) is 40.1 Å². The first-order chi connectivity index (χ1) is 15.3. The molecule has 1 atom stereocenters. The minimum absolute atomic E-state index is 0.0299.